The van der Waals surface area contributed by atoms with Crippen LogP contribution in [0.2, 0.25) is 0 Å². The number of aryl methyl sites for hydroxylation is 1. The highest BCUT2D eigenvalue weighted by Crippen LogP contribution is 2.70. The van der Waals surface area contributed by atoms with Crippen molar-refractivity contribution in [3.05, 3.63) is 128 Å². The first-order valence-electron chi connectivity index (χ1n) is 14.5. The van der Waals surface area contributed by atoms with Gasteiger partial charge in [-0.25, -0.2) is 9.18 Å². The molecule has 44 heavy (non-hydrogen) atoms. The summed E-state index contributed by atoms with van der Waals surface area (Å²) in [6.45, 7) is 1.52. The normalized spacial score (nSPS) is 28.8. The second kappa shape index (κ2) is 10.2. The van der Waals surface area contributed by atoms with Crippen LogP contribution in [-0.2, 0) is 15.1 Å². The third-order valence-electron chi connectivity index (χ3n) is 9.51. The van der Waals surface area contributed by atoms with E-state index in [-0.39, 0.29) is 17.9 Å². The van der Waals surface area contributed by atoms with Gasteiger partial charge in [0.2, 0.25) is 0 Å². The molecule has 2 N–H and O–H groups in total. The molecule has 10 heteroatoms. The molecule has 3 fully saturated rings. The van der Waals surface area contributed by atoms with Crippen LogP contribution in [-0.4, -0.2) is 52.4 Å². The van der Waals surface area contributed by atoms with Crippen LogP contribution in [0.4, 0.5) is 4.39 Å². The summed E-state index contributed by atoms with van der Waals surface area (Å²) in [5, 5.41) is 11.9. The minimum Gasteiger partial charge on any atom is -0.497 e. The van der Waals surface area contributed by atoms with Gasteiger partial charge in [-0.3, -0.25) is 14.3 Å². The molecule has 3 aliphatic rings. The summed E-state index contributed by atoms with van der Waals surface area (Å²) in [5.41, 5.74) is -2.93. The molecule has 1 saturated heterocycles. The lowest BCUT2D eigenvalue weighted by Gasteiger charge is -2.41. The first-order chi connectivity index (χ1) is 21.2. The predicted molar refractivity (Wildman–Crippen MR) is 159 cm³/mol. The monoisotopic (exact) mass is 600 g/mol. The molecule has 2 saturated carbocycles. The Bertz CT molecular complexity index is 1760. The molecule has 0 radical (unpaired) electrons. The molecule has 0 spiro atoms. The molecular formula is C34H33FN2O7. The van der Waals surface area contributed by atoms with Crippen molar-refractivity contribution in [3.63, 3.8) is 0 Å². The Labute approximate surface area is 252 Å². The first-order valence-corrected chi connectivity index (χ1v) is 14.5. The van der Waals surface area contributed by atoms with Crippen molar-refractivity contribution in [3.8, 4) is 11.5 Å². The maximum absolute atomic E-state index is 16.2. The third-order valence-corrected chi connectivity index (χ3v) is 9.51. The number of hydrogen-bond donors (Lipinski definition) is 2. The van der Waals surface area contributed by atoms with Crippen molar-refractivity contribution >= 4 is 0 Å². The number of hydrogen-bond acceptors (Lipinski definition) is 7. The molecule has 228 valence electrons. The molecule has 0 unspecified atom stereocenters. The molecule has 7 rings (SSSR count). The smallest absolute Gasteiger partial charge is 0.330 e. The van der Waals surface area contributed by atoms with E-state index in [0.29, 0.717) is 17.9 Å². The lowest BCUT2D eigenvalue weighted by molar-refractivity contribution is -0.164. The van der Waals surface area contributed by atoms with Crippen LogP contribution >= 0.6 is 0 Å². The number of H-pyrrole nitrogens is 1. The largest absolute Gasteiger partial charge is 0.497 e. The zero-order chi connectivity index (χ0) is 30.9. The van der Waals surface area contributed by atoms with E-state index >= 15 is 4.39 Å². The Morgan fingerprint density at radius 2 is 1.48 bits per heavy atom. The highest BCUT2D eigenvalue weighted by Gasteiger charge is 2.81. The highest BCUT2D eigenvalue weighted by molar-refractivity contribution is 5.51. The molecule has 2 aliphatic carbocycles. The van der Waals surface area contributed by atoms with Crippen LogP contribution < -0.4 is 20.7 Å². The number of alkyl halides is 1. The Hall–Kier alpha value is -4.25. The van der Waals surface area contributed by atoms with Crippen LogP contribution in [0.3, 0.4) is 0 Å². The van der Waals surface area contributed by atoms with Crippen molar-refractivity contribution in [2.45, 2.75) is 55.1 Å². The second-order valence-corrected chi connectivity index (χ2v) is 11.9. The maximum Gasteiger partial charge on any atom is 0.330 e. The van der Waals surface area contributed by atoms with Gasteiger partial charge in [0, 0.05) is 11.8 Å². The Kier molecular flexibility index (Phi) is 6.58. The molecule has 6 atom stereocenters. The topological polar surface area (TPSA) is 112 Å². The zero-order valence-electron chi connectivity index (χ0n) is 24.5. The van der Waals surface area contributed by atoms with E-state index in [1.54, 1.807) is 14.2 Å². The Morgan fingerprint density at radius 1 is 0.909 bits per heavy atom. The van der Waals surface area contributed by atoms with Crippen LogP contribution in [0.5, 0.6) is 11.5 Å². The fourth-order valence-corrected chi connectivity index (χ4v) is 7.21. The van der Waals surface area contributed by atoms with Crippen molar-refractivity contribution in [1.82, 2.24) is 9.55 Å². The molecule has 3 aromatic carbocycles. The average molecular weight is 601 g/mol. The summed E-state index contributed by atoms with van der Waals surface area (Å²) in [4.78, 5) is 27.0. The predicted octanol–water partition coefficient (Wildman–Crippen LogP) is 4.00. The highest BCUT2D eigenvalue weighted by atomic mass is 19.1. The van der Waals surface area contributed by atoms with E-state index in [0.717, 1.165) is 21.3 Å². The first kappa shape index (κ1) is 28.5. The van der Waals surface area contributed by atoms with E-state index in [4.69, 9.17) is 18.9 Å². The van der Waals surface area contributed by atoms with E-state index < -0.39 is 46.6 Å². The number of aromatic nitrogens is 2. The van der Waals surface area contributed by atoms with Gasteiger partial charge < -0.3 is 24.1 Å². The summed E-state index contributed by atoms with van der Waals surface area (Å²) < 4.78 is 41.8. The molecule has 1 aliphatic heterocycles. The molecular weight excluding hydrogens is 567 g/mol. The number of nitrogens with zero attached hydrogens (tertiary/aromatic N) is 1. The maximum atomic E-state index is 16.2. The Balaban J connectivity index is 1.38. The van der Waals surface area contributed by atoms with Crippen molar-refractivity contribution < 1.29 is 28.4 Å². The average Bonchev–Trinajstić information content (AvgIpc) is 3.57. The van der Waals surface area contributed by atoms with Gasteiger partial charge in [0.15, 0.2) is 12.4 Å². The fraction of sp³-hybridized carbons (Fsp3) is 0.353. The Morgan fingerprint density at radius 3 is 2.05 bits per heavy atom. The van der Waals surface area contributed by atoms with Crippen LogP contribution in [0.25, 0.3) is 0 Å². The number of aromatic amines is 1. The van der Waals surface area contributed by atoms with Gasteiger partial charge in [-0.1, -0.05) is 54.6 Å². The van der Waals surface area contributed by atoms with E-state index in [1.165, 1.54) is 13.1 Å². The van der Waals surface area contributed by atoms with Gasteiger partial charge in [0.05, 0.1) is 14.2 Å². The molecule has 0 amide bonds. The number of aliphatic hydroxyl groups is 1. The van der Waals surface area contributed by atoms with Gasteiger partial charge in [0.1, 0.15) is 34.4 Å². The zero-order valence-corrected chi connectivity index (χ0v) is 24.5. The van der Waals surface area contributed by atoms with Gasteiger partial charge in [-0.05, 0) is 66.6 Å². The van der Waals surface area contributed by atoms with Crippen molar-refractivity contribution in [2.24, 2.45) is 5.92 Å². The van der Waals surface area contributed by atoms with Crippen molar-refractivity contribution in [2.75, 3.05) is 14.2 Å². The third kappa shape index (κ3) is 4.08. The molecule has 0 bridgehead atoms. The molecule has 2 heterocycles. The SMILES string of the molecule is COc1ccc(C(O[C@]23C[C@H]2C[C@]2(O)[C@@H](F)[C@@H](n4cc(C)c(=O)[nH]c4=O)O[C@@H]23)(c2ccccc2)c2ccc(OC)cc2)cc1. The van der Waals surface area contributed by atoms with Crippen molar-refractivity contribution in [1.29, 1.82) is 0 Å². The lowest BCUT2D eigenvalue weighted by atomic mass is 9.79. The van der Waals surface area contributed by atoms with E-state index in [2.05, 4.69) is 4.98 Å². The van der Waals surface area contributed by atoms with Gasteiger partial charge in [0.25, 0.3) is 5.56 Å². The fourth-order valence-electron chi connectivity index (χ4n) is 7.21. The number of methoxy groups -OCH3 is 2. The molecule has 1 aromatic heterocycles. The summed E-state index contributed by atoms with van der Waals surface area (Å²) in [6.07, 6.45) is -2.56. The summed E-state index contributed by atoms with van der Waals surface area (Å²) >= 11 is 0. The van der Waals surface area contributed by atoms with Gasteiger partial charge in [-0.15, -0.1) is 0 Å². The quantitative estimate of drug-likeness (QED) is 0.294. The standard InChI is InChI=1S/C34H33FN2O7/c1-20-19-37(31(39)36-28(20)38)29-27(35)32(40)17-24-18-33(24,30(32)43-29)44-34(21-7-5-4-6-8-21,22-9-13-25(41-2)14-10-22)23-11-15-26(42-3)16-12-23/h4-16,19,24,27,29-30,40H,17-18H2,1-3H3,(H,36,38,39)/t24-,27+,29+,30+,32+,33-/m1/s1. The van der Waals surface area contributed by atoms with Gasteiger partial charge >= 0.3 is 5.69 Å². The number of nitrogens with one attached hydrogen (secondary N) is 1. The van der Waals surface area contributed by atoms with Crippen LogP contribution in [0.15, 0.2) is 94.6 Å². The van der Waals surface area contributed by atoms with Crippen LogP contribution in [0.1, 0.15) is 41.3 Å². The number of halogens is 1. The number of ether oxygens (including phenoxy) is 4. The number of fused-ring (bicyclic) bond motifs is 3. The van der Waals surface area contributed by atoms with Gasteiger partial charge in [-0.2, -0.15) is 0 Å². The van der Waals surface area contributed by atoms with Crippen LogP contribution in [0, 0.1) is 12.8 Å². The summed E-state index contributed by atoms with van der Waals surface area (Å²) in [6, 6.07) is 24.9. The second-order valence-electron chi connectivity index (χ2n) is 11.9. The molecule has 9 nitrogen and oxygen atoms in total. The van der Waals surface area contributed by atoms with E-state index in [1.807, 2.05) is 78.9 Å². The summed E-state index contributed by atoms with van der Waals surface area (Å²) in [5.74, 6) is 1.16. The minimum absolute atomic E-state index is 0.0997. The minimum atomic E-state index is -1.93. The number of rotatable bonds is 8. The number of benzene rings is 3. The molecule has 4 aromatic rings. The lowest BCUT2D eigenvalue weighted by Crippen LogP contribution is -2.51. The summed E-state index contributed by atoms with van der Waals surface area (Å²) in [7, 11) is 3.20. The van der Waals surface area contributed by atoms with E-state index in [9.17, 15) is 14.7 Å².